The number of hydrogen-bond donors (Lipinski definition) is 2. The molecular formula is C12H16N2O4S2. The van der Waals surface area contributed by atoms with Crippen LogP contribution in [-0.4, -0.2) is 24.7 Å². The summed E-state index contributed by atoms with van der Waals surface area (Å²) in [5.74, 6) is -0.295. The average molecular weight is 316 g/mol. The minimum absolute atomic E-state index is 0.0272. The maximum absolute atomic E-state index is 11.9. The molecule has 1 unspecified atom stereocenters. The van der Waals surface area contributed by atoms with E-state index in [0.717, 1.165) is 11.8 Å². The summed E-state index contributed by atoms with van der Waals surface area (Å²) in [6.07, 6.45) is 0.519. The molecule has 1 aromatic rings. The smallest absolute Gasteiger partial charge is 0.238 e. The molecule has 110 valence electrons. The largest absolute Gasteiger partial charge is 0.325 e. The molecule has 0 bridgehead atoms. The number of benzene rings is 1. The van der Waals surface area contributed by atoms with Crippen LogP contribution in [0.4, 0.5) is 5.69 Å². The number of nitrogens with two attached hydrogens (primary N) is 1. The summed E-state index contributed by atoms with van der Waals surface area (Å²) >= 11 is 0.967. The molecule has 20 heavy (non-hydrogen) atoms. The van der Waals surface area contributed by atoms with Crippen LogP contribution >= 0.6 is 11.8 Å². The third-order valence-corrected chi connectivity index (χ3v) is 4.51. The second-order valence-corrected chi connectivity index (χ2v) is 7.01. The van der Waals surface area contributed by atoms with Crippen molar-refractivity contribution in [2.75, 3.05) is 5.32 Å². The van der Waals surface area contributed by atoms with E-state index in [0.29, 0.717) is 12.1 Å². The van der Waals surface area contributed by atoms with Crippen molar-refractivity contribution in [1.82, 2.24) is 0 Å². The molecule has 0 fully saturated rings. The minimum atomic E-state index is -3.75. The fourth-order valence-electron chi connectivity index (χ4n) is 1.47. The summed E-state index contributed by atoms with van der Waals surface area (Å²) in [7, 11) is -3.75. The van der Waals surface area contributed by atoms with E-state index in [4.69, 9.17) is 5.14 Å². The Labute approximate surface area is 122 Å². The third-order valence-electron chi connectivity index (χ3n) is 2.42. The van der Waals surface area contributed by atoms with Crippen LogP contribution in [0.25, 0.3) is 0 Å². The number of rotatable bonds is 5. The Kier molecular flexibility index (Phi) is 5.73. The normalized spacial score (nSPS) is 12.8. The van der Waals surface area contributed by atoms with Crippen LogP contribution in [0.1, 0.15) is 20.3 Å². The molecule has 0 aliphatic carbocycles. The van der Waals surface area contributed by atoms with Crippen LogP contribution < -0.4 is 10.5 Å². The van der Waals surface area contributed by atoms with Crippen molar-refractivity contribution in [2.24, 2.45) is 5.14 Å². The molecule has 0 saturated carbocycles. The summed E-state index contributed by atoms with van der Waals surface area (Å²) in [5.41, 5.74) is 0.449. The molecule has 0 aliphatic heterocycles. The van der Waals surface area contributed by atoms with Gasteiger partial charge in [-0.05, 0) is 30.7 Å². The van der Waals surface area contributed by atoms with Gasteiger partial charge in [-0.25, -0.2) is 13.6 Å². The van der Waals surface area contributed by atoms with E-state index in [1.807, 2.05) is 6.92 Å². The van der Waals surface area contributed by atoms with Gasteiger partial charge in [0.15, 0.2) is 5.12 Å². The Bertz CT molecular complexity index is 596. The van der Waals surface area contributed by atoms with E-state index in [1.165, 1.54) is 31.2 Å². The highest BCUT2D eigenvalue weighted by molar-refractivity contribution is 8.14. The van der Waals surface area contributed by atoms with Gasteiger partial charge in [0.25, 0.3) is 0 Å². The van der Waals surface area contributed by atoms with Gasteiger partial charge in [0, 0.05) is 12.6 Å². The molecule has 1 aromatic carbocycles. The van der Waals surface area contributed by atoms with Crippen LogP contribution in [0.3, 0.4) is 0 Å². The van der Waals surface area contributed by atoms with Crippen LogP contribution in [0, 0.1) is 0 Å². The summed E-state index contributed by atoms with van der Waals surface area (Å²) < 4.78 is 22.2. The van der Waals surface area contributed by atoms with Crippen molar-refractivity contribution in [3.63, 3.8) is 0 Å². The van der Waals surface area contributed by atoms with Gasteiger partial charge in [0.1, 0.15) is 0 Å². The standard InChI is InChI=1S/C12H16N2O4S2/c1-3-11(19-8(2)15)12(16)14-9-4-6-10(7-5-9)20(13,17)18/h4-7,11H,3H2,1-2H3,(H,14,16)(H2,13,17,18). The molecule has 0 radical (unpaired) electrons. The van der Waals surface area contributed by atoms with Crippen LogP contribution in [-0.2, 0) is 19.6 Å². The summed E-state index contributed by atoms with van der Waals surface area (Å²) in [4.78, 5) is 22.9. The Morgan fingerprint density at radius 1 is 1.30 bits per heavy atom. The summed E-state index contributed by atoms with van der Waals surface area (Å²) in [6.45, 7) is 3.21. The van der Waals surface area contributed by atoms with Crippen molar-refractivity contribution in [2.45, 2.75) is 30.4 Å². The van der Waals surface area contributed by atoms with Crippen molar-refractivity contribution in [3.8, 4) is 0 Å². The second-order valence-electron chi connectivity index (χ2n) is 4.06. The van der Waals surface area contributed by atoms with Gasteiger partial charge in [-0.1, -0.05) is 18.7 Å². The predicted molar refractivity (Wildman–Crippen MR) is 78.8 cm³/mol. The van der Waals surface area contributed by atoms with E-state index in [1.54, 1.807) is 0 Å². The maximum atomic E-state index is 11.9. The number of carbonyl (C=O) groups excluding carboxylic acids is 2. The second kappa shape index (κ2) is 6.87. The van der Waals surface area contributed by atoms with E-state index >= 15 is 0 Å². The molecule has 0 aromatic heterocycles. The highest BCUT2D eigenvalue weighted by Gasteiger charge is 2.19. The molecule has 6 nitrogen and oxygen atoms in total. The number of sulfonamides is 1. The Morgan fingerprint density at radius 3 is 2.25 bits per heavy atom. The highest BCUT2D eigenvalue weighted by atomic mass is 32.2. The first kappa shape index (κ1) is 16.7. The quantitative estimate of drug-likeness (QED) is 0.852. The van der Waals surface area contributed by atoms with Crippen LogP contribution in [0.2, 0.25) is 0 Å². The molecule has 0 heterocycles. The molecule has 0 saturated heterocycles. The van der Waals surface area contributed by atoms with Crippen molar-refractivity contribution in [3.05, 3.63) is 24.3 Å². The van der Waals surface area contributed by atoms with Gasteiger partial charge in [-0.15, -0.1) is 0 Å². The van der Waals surface area contributed by atoms with Crippen LogP contribution in [0.5, 0.6) is 0 Å². The van der Waals surface area contributed by atoms with E-state index in [2.05, 4.69) is 5.32 Å². The lowest BCUT2D eigenvalue weighted by Gasteiger charge is -2.13. The Morgan fingerprint density at radius 2 is 1.85 bits per heavy atom. The molecule has 0 spiro atoms. The summed E-state index contributed by atoms with van der Waals surface area (Å²) in [5, 5.41) is 7.01. The molecule has 8 heteroatoms. The van der Waals surface area contributed by atoms with E-state index in [-0.39, 0.29) is 15.9 Å². The number of carbonyl (C=O) groups is 2. The molecular weight excluding hydrogens is 300 g/mol. The average Bonchev–Trinajstić information content (AvgIpc) is 2.35. The SMILES string of the molecule is CCC(SC(C)=O)C(=O)Nc1ccc(S(N)(=O)=O)cc1. The Hall–Kier alpha value is -1.38. The fourth-order valence-corrected chi connectivity index (χ4v) is 2.72. The lowest BCUT2D eigenvalue weighted by atomic mass is 10.3. The molecule has 1 amide bonds. The molecule has 0 aliphatic rings. The molecule has 1 atom stereocenters. The third kappa shape index (κ3) is 4.95. The number of anilines is 1. The van der Waals surface area contributed by atoms with Gasteiger partial charge in [-0.2, -0.15) is 0 Å². The first-order valence-corrected chi connectivity index (χ1v) is 8.27. The van der Waals surface area contributed by atoms with Crippen LogP contribution in [0.15, 0.2) is 29.2 Å². The van der Waals surface area contributed by atoms with Gasteiger partial charge in [0.2, 0.25) is 15.9 Å². The van der Waals surface area contributed by atoms with E-state index < -0.39 is 15.3 Å². The highest BCUT2D eigenvalue weighted by Crippen LogP contribution is 2.19. The zero-order valence-corrected chi connectivity index (χ0v) is 12.8. The monoisotopic (exact) mass is 316 g/mol. The number of nitrogens with one attached hydrogen (secondary N) is 1. The topological polar surface area (TPSA) is 106 Å². The first-order valence-electron chi connectivity index (χ1n) is 5.85. The number of thioether (sulfide) groups is 1. The zero-order chi connectivity index (χ0) is 15.3. The van der Waals surface area contributed by atoms with Gasteiger partial charge in [0.05, 0.1) is 10.1 Å². The minimum Gasteiger partial charge on any atom is -0.325 e. The molecule has 3 N–H and O–H groups in total. The van der Waals surface area contributed by atoms with Crippen molar-refractivity contribution >= 4 is 38.5 Å². The van der Waals surface area contributed by atoms with Gasteiger partial charge >= 0.3 is 0 Å². The maximum Gasteiger partial charge on any atom is 0.238 e. The lowest BCUT2D eigenvalue weighted by Crippen LogP contribution is -2.25. The van der Waals surface area contributed by atoms with E-state index in [9.17, 15) is 18.0 Å². The zero-order valence-electron chi connectivity index (χ0n) is 11.1. The summed E-state index contributed by atoms with van der Waals surface area (Å²) in [6, 6.07) is 5.51. The van der Waals surface area contributed by atoms with Gasteiger partial charge < -0.3 is 5.32 Å². The fraction of sp³-hybridized carbons (Fsp3) is 0.333. The Balaban J connectivity index is 2.78. The number of primary sulfonamides is 1. The molecule has 1 rings (SSSR count). The number of amides is 1. The van der Waals surface area contributed by atoms with Gasteiger partial charge in [-0.3, -0.25) is 9.59 Å². The number of hydrogen-bond acceptors (Lipinski definition) is 5. The first-order chi connectivity index (χ1) is 9.24. The van der Waals surface area contributed by atoms with Crippen molar-refractivity contribution < 1.29 is 18.0 Å². The van der Waals surface area contributed by atoms with Crippen molar-refractivity contribution in [1.29, 1.82) is 0 Å². The lowest BCUT2D eigenvalue weighted by molar-refractivity contribution is -0.116. The predicted octanol–water partition coefficient (Wildman–Crippen LogP) is 1.33.